The fraction of sp³-hybridized carbons (Fsp3) is 0.333. The molecule has 0 saturated carbocycles. The predicted molar refractivity (Wildman–Crippen MR) is 69.1 cm³/mol. The molecule has 0 radical (unpaired) electrons. The zero-order chi connectivity index (χ0) is 14.7. The summed E-state index contributed by atoms with van der Waals surface area (Å²) in [5.74, 6) is 0. The van der Waals surface area contributed by atoms with Crippen LogP contribution in [-0.2, 0) is 0 Å². The Morgan fingerprint density at radius 2 is 2.30 bits per heavy atom. The lowest BCUT2D eigenvalue weighted by Crippen LogP contribution is -2.43. The normalized spacial score (nSPS) is 21.9. The summed E-state index contributed by atoms with van der Waals surface area (Å²) in [4.78, 5) is 24.8. The highest BCUT2D eigenvalue weighted by molar-refractivity contribution is 5.74. The number of allylic oxidation sites excluding steroid dienone is 1. The molecular formula is C12H13N3O5. The third-order valence-electron chi connectivity index (χ3n) is 3.14. The summed E-state index contributed by atoms with van der Waals surface area (Å²) < 4.78 is 0. The lowest BCUT2D eigenvalue weighted by atomic mass is 9.89. The number of aromatic nitrogens is 1. The molecule has 0 saturated heterocycles. The average Bonchev–Trinajstić information content (AvgIpc) is 2.40. The van der Waals surface area contributed by atoms with E-state index >= 15 is 0 Å². The largest absolute Gasteiger partial charge is 0.465 e. The van der Waals surface area contributed by atoms with Crippen LogP contribution in [0.1, 0.15) is 18.4 Å². The molecule has 3 N–H and O–H groups in total. The highest BCUT2D eigenvalue weighted by atomic mass is 16.6. The van der Waals surface area contributed by atoms with Gasteiger partial charge in [-0.05, 0) is 24.5 Å². The first-order valence-electron chi connectivity index (χ1n) is 5.96. The number of hydrogen-bond donors (Lipinski definition) is 3. The molecule has 1 aromatic heterocycles. The second-order valence-corrected chi connectivity index (χ2v) is 4.42. The van der Waals surface area contributed by atoms with E-state index in [1.807, 2.05) is 0 Å². The number of carboxylic acid groups (broad SMARTS) is 1. The molecule has 20 heavy (non-hydrogen) atoms. The molecule has 0 bridgehead atoms. The molecule has 8 heteroatoms. The first kappa shape index (κ1) is 13.9. The van der Waals surface area contributed by atoms with E-state index < -0.39 is 23.2 Å². The molecule has 0 aliphatic heterocycles. The van der Waals surface area contributed by atoms with Crippen LogP contribution in [0.3, 0.4) is 0 Å². The third kappa shape index (κ3) is 2.91. The van der Waals surface area contributed by atoms with E-state index in [1.54, 1.807) is 0 Å². The molecule has 0 fully saturated rings. The van der Waals surface area contributed by atoms with Gasteiger partial charge in [-0.2, -0.15) is 0 Å². The van der Waals surface area contributed by atoms with Crippen molar-refractivity contribution in [2.45, 2.75) is 25.0 Å². The molecule has 0 spiro atoms. The number of hydrogen-bond acceptors (Lipinski definition) is 5. The fourth-order valence-corrected chi connectivity index (χ4v) is 2.20. The van der Waals surface area contributed by atoms with Gasteiger partial charge < -0.3 is 15.5 Å². The van der Waals surface area contributed by atoms with Crippen molar-refractivity contribution in [3.05, 3.63) is 40.2 Å². The molecule has 1 heterocycles. The molecule has 1 amide bonds. The maximum absolute atomic E-state index is 11.0. The monoisotopic (exact) mass is 279 g/mol. The van der Waals surface area contributed by atoms with Gasteiger partial charge in [-0.3, -0.25) is 15.1 Å². The number of nitrogens with zero attached hydrogens (tertiary/aromatic N) is 2. The summed E-state index contributed by atoms with van der Waals surface area (Å²) in [6, 6.07) is 0.739. The SMILES string of the molecule is O=C(O)NC1C=C(c2ccncc2[N+](=O)[O-])CCC1O. The maximum Gasteiger partial charge on any atom is 0.405 e. The van der Waals surface area contributed by atoms with E-state index in [-0.39, 0.29) is 5.69 Å². The van der Waals surface area contributed by atoms with Crippen molar-refractivity contribution in [2.24, 2.45) is 0 Å². The number of aliphatic hydroxyl groups is 1. The number of nitro groups is 1. The molecule has 1 aliphatic rings. The topological polar surface area (TPSA) is 126 Å². The van der Waals surface area contributed by atoms with Crippen molar-refractivity contribution in [3.63, 3.8) is 0 Å². The number of nitrogens with one attached hydrogen (secondary N) is 1. The van der Waals surface area contributed by atoms with Crippen LogP contribution >= 0.6 is 0 Å². The minimum atomic E-state index is -1.25. The second kappa shape index (κ2) is 5.66. The van der Waals surface area contributed by atoms with Gasteiger partial charge in [-0.25, -0.2) is 4.79 Å². The minimum absolute atomic E-state index is 0.135. The van der Waals surface area contributed by atoms with E-state index in [2.05, 4.69) is 10.3 Å². The Morgan fingerprint density at radius 1 is 1.55 bits per heavy atom. The highest BCUT2D eigenvalue weighted by Gasteiger charge is 2.27. The maximum atomic E-state index is 11.0. The Hall–Kier alpha value is -2.48. The smallest absolute Gasteiger partial charge is 0.405 e. The van der Waals surface area contributed by atoms with Gasteiger partial charge in [0.25, 0.3) is 5.69 Å². The van der Waals surface area contributed by atoms with E-state index in [4.69, 9.17) is 5.11 Å². The Bertz CT molecular complexity index is 572. The van der Waals surface area contributed by atoms with Crippen LogP contribution in [0.25, 0.3) is 5.57 Å². The Kier molecular flexibility index (Phi) is 3.94. The summed E-state index contributed by atoms with van der Waals surface area (Å²) in [6.45, 7) is 0. The van der Waals surface area contributed by atoms with E-state index in [9.17, 15) is 20.0 Å². The molecule has 2 atom stereocenters. The quantitative estimate of drug-likeness (QED) is 0.563. The van der Waals surface area contributed by atoms with Gasteiger partial charge in [0.2, 0.25) is 0 Å². The number of carbonyl (C=O) groups is 1. The highest BCUT2D eigenvalue weighted by Crippen LogP contribution is 2.32. The summed E-state index contributed by atoms with van der Waals surface area (Å²) in [5.41, 5.74) is 0.890. The summed E-state index contributed by atoms with van der Waals surface area (Å²) in [5, 5.41) is 31.6. The Morgan fingerprint density at radius 3 is 2.95 bits per heavy atom. The zero-order valence-corrected chi connectivity index (χ0v) is 10.4. The Balaban J connectivity index is 2.37. The lowest BCUT2D eigenvalue weighted by Gasteiger charge is -2.26. The van der Waals surface area contributed by atoms with Gasteiger partial charge in [-0.15, -0.1) is 0 Å². The molecule has 2 rings (SSSR count). The van der Waals surface area contributed by atoms with Crippen molar-refractivity contribution in [3.8, 4) is 0 Å². The number of pyridine rings is 1. The molecule has 1 aliphatic carbocycles. The predicted octanol–water partition coefficient (Wildman–Crippen LogP) is 1.16. The number of amides is 1. The average molecular weight is 279 g/mol. The van der Waals surface area contributed by atoms with Crippen molar-refractivity contribution in [1.29, 1.82) is 0 Å². The number of rotatable bonds is 3. The molecule has 106 valence electrons. The Labute approximate surface area is 113 Å². The van der Waals surface area contributed by atoms with E-state index in [1.165, 1.54) is 18.3 Å². The van der Waals surface area contributed by atoms with Crippen LogP contribution < -0.4 is 5.32 Å². The second-order valence-electron chi connectivity index (χ2n) is 4.42. The zero-order valence-electron chi connectivity index (χ0n) is 10.4. The van der Waals surface area contributed by atoms with Crippen LogP contribution in [0.5, 0.6) is 0 Å². The van der Waals surface area contributed by atoms with Crippen molar-refractivity contribution < 1.29 is 19.9 Å². The van der Waals surface area contributed by atoms with E-state index in [0.29, 0.717) is 24.0 Å². The molecule has 1 aromatic rings. The summed E-state index contributed by atoms with van der Waals surface area (Å²) >= 11 is 0. The van der Waals surface area contributed by atoms with Crippen LogP contribution in [0.2, 0.25) is 0 Å². The van der Waals surface area contributed by atoms with Crippen molar-refractivity contribution in [1.82, 2.24) is 10.3 Å². The van der Waals surface area contributed by atoms with Gasteiger partial charge in [0, 0.05) is 6.20 Å². The van der Waals surface area contributed by atoms with Gasteiger partial charge in [-0.1, -0.05) is 6.08 Å². The molecule has 0 aromatic carbocycles. The standard InChI is InChI=1S/C12H13N3O5/c16-11-2-1-7(5-9(11)14-12(17)18)8-3-4-13-6-10(8)15(19)20/h3-6,9,11,14,16H,1-2H2,(H,17,18). The van der Waals surface area contributed by atoms with Crippen molar-refractivity contribution >= 4 is 17.4 Å². The fourth-order valence-electron chi connectivity index (χ4n) is 2.20. The first-order chi connectivity index (χ1) is 9.49. The van der Waals surface area contributed by atoms with Gasteiger partial charge in [0.05, 0.1) is 22.6 Å². The summed E-state index contributed by atoms with van der Waals surface area (Å²) in [6.07, 6.45) is 2.78. The van der Waals surface area contributed by atoms with E-state index in [0.717, 1.165) is 6.20 Å². The molecular weight excluding hydrogens is 266 g/mol. The van der Waals surface area contributed by atoms with Crippen LogP contribution in [-0.4, -0.2) is 38.4 Å². The third-order valence-corrected chi connectivity index (χ3v) is 3.14. The first-order valence-corrected chi connectivity index (χ1v) is 5.96. The van der Waals surface area contributed by atoms with Gasteiger partial charge >= 0.3 is 6.09 Å². The molecule has 2 unspecified atom stereocenters. The van der Waals surface area contributed by atoms with Crippen LogP contribution in [0, 0.1) is 10.1 Å². The van der Waals surface area contributed by atoms with Crippen LogP contribution in [0.15, 0.2) is 24.5 Å². The number of aliphatic hydroxyl groups excluding tert-OH is 1. The van der Waals surface area contributed by atoms with Gasteiger partial charge in [0.1, 0.15) is 6.20 Å². The van der Waals surface area contributed by atoms with Gasteiger partial charge in [0.15, 0.2) is 0 Å². The van der Waals surface area contributed by atoms with Crippen LogP contribution in [0.4, 0.5) is 10.5 Å². The summed E-state index contributed by atoms with van der Waals surface area (Å²) in [7, 11) is 0. The molecule has 8 nitrogen and oxygen atoms in total. The lowest BCUT2D eigenvalue weighted by molar-refractivity contribution is -0.385. The van der Waals surface area contributed by atoms with Crippen molar-refractivity contribution in [2.75, 3.05) is 0 Å². The minimum Gasteiger partial charge on any atom is -0.465 e.